The molecule has 5 nitrogen and oxygen atoms in total. The molecule has 0 unspecified atom stereocenters. The standard InChI is InChI=1S/C15H18FN3O2/c1-4-11-7-12(19(3)18-11)8-21-15(20)10-5-13(16)9(2)14(17)6-10/h5-7H,4,8,17H2,1-3H3. The van der Waals surface area contributed by atoms with Crippen LogP contribution >= 0.6 is 0 Å². The first-order valence-electron chi connectivity index (χ1n) is 6.67. The van der Waals surface area contributed by atoms with Crippen LogP contribution in [0.5, 0.6) is 0 Å². The summed E-state index contributed by atoms with van der Waals surface area (Å²) < 4.78 is 20.4. The second-order valence-corrected chi connectivity index (χ2v) is 4.85. The van der Waals surface area contributed by atoms with E-state index in [4.69, 9.17) is 10.5 Å². The number of benzene rings is 1. The fourth-order valence-corrected chi connectivity index (χ4v) is 1.92. The molecule has 0 bridgehead atoms. The van der Waals surface area contributed by atoms with Crippen molar-refractivity contribution < 1.29 is 13.9 Å². The number of nitrogens with zero attached hydrogens (tertiary/aromatic N) is 2. The lowest BCUT2D eigenvalue weighted by Gasteiger charge is -2.07. The van der Waals surface area contributed by atoms with Gasteiger partial charge >= 0.3 is 5.97 Å². The summed E-state index contributed by atoms with van der Waals surface area (Å²) in [7, 11) is 1.78. The number of rotatable bonds is 4. The van der Waals surface area contributed by atoms with Crippen LogP contribution in [0.15, 0.2) is 18.2 Å². The Morgan fingerprint density at radius 1 is 1.43 bits per heavy atom. The van der Waals surface area contributed by atoms with E-state index in [1.807, 2.05) is 13.0 Å². The summed E-state index contributed by atoms with van der Waals surface area (Å²) in [5.41, 5.74) is 8.02. The van der Waals surface area contributed by atoms with E-state index in [1.54, 1.807) is 18.7 Å². The first kappa shape index (κ1) is 15.0. The van der Waals surface area contributed by atoms with E-state index in [-0.39, 0.29) is 17.9 Å². The van der Waals surface area contributed by atoms with Crippen LogP contribution in [-0.2, 0) is 24.8 Å². The maximum Gasteiger partial charge on any atom is 0.338 e. The Kier molecular flexibility index (Phi) is 4.26. The van der Waals surface area contributed by atoms with E-state index in [1.165, 1.54) is 6.07 Å². The Balaban J connectivity index is 2.09. The summed E-state index contributed by atoms with van der Waals surface area (Å²) in [5, 5.41) is 4.27. The third-order valence-electron chi connectivity index (χ3n) is 3.36. The van der Waals surface area contributed by atoms with Crippen LogP contribution in [-0.4, -0.2) is 15.7 Å². The summed E-state index contributed by atoms with van der Waals surface area (Å²) in [4.78, 5) is 11.9. The van der Waals surface area contributed by atoms with Crippen LogP contribution < -0.4 is 5.73 Å². The average molecular weight is 291 g/mol. The second kappa shape index (κ2) is 5.95. The number of aryl methyl sites for hydroxylation is 2. The minimum absolute atomic E-state index is 0.0811. The van der Waals surface area contributed by atoms with Crippen LogP contribution in [0.1, 0.15) is 34.2 Å². The monoisotopic (exact) mass is 291 g/mol. The first-order valence-corrected chi connectivity index (χ1v) is 6.67. The molecule has 21 heavy (non-hydrogen) atoms. The van der Waals surface area contributed by atoms with Crippen LogP contribution in [0.2, 0.25) is 0 Å². The number of nitrogens with two attached hydrogens (primary N) is 1. The average Bonchev–Trinajstić information content (AvgIpc) is 2.82. The number of hydrogen-bond donors (Lipinski definition) is 1. The molecule has 2 N–H and O–H groups in total. The van der Waals surface area contributed by atoms with Gasteiger partial charge in [0.15, 0.2) is 0 Å². The lowest BCUT2D eigenvalue weighted by atomic mass is 10.1. The summed E-state index contributed by atoms with van der Waals surface area (Å²) in [6.45, 7) is 3.63. The van der Waals surface area contributed by atoms with E-state index < -0.39 is 11.8 Å². The number of ether oxygens (including phenoxy) is 1. The molecule has 0 radical (unpaired) electrons. The molecule has 0 aliphatic rings. The molecule has 2 aromatic rings. The second-order valence-electron chi connectivity index (χ2n) is 4.85. The molecular formula is C15H18FN3O2. The zero-order chi connectivity index (χ0) is 15.6. The van der Waals surface area contributed by atoms with Crippen molar-refractivity contribution in [2.24, 2.45) is 7.05 Å². The Morgan fingerprint density at radius 3 is 2.71 bits per heavy atom. The molecule has 0 saturated carbocycles. The third-order valence-corrected chi connectivity index (χ3v) is 3.36. The van der Waals surface area contributed by atoms with Crippen molar-refractivity contribution in [1.29, 1.82) is 0 Å². The Morgan fingerprint density at radius 2 is 2.14 bits per heavy atom. The predicted molar refractivity (Wildman–Crippen MR) is 77.3 cm³/mol. The summed E-state index contributed by atoms with van der Waals surface area (Å²) in [6, 6.07) is 4.42. The number of nitrogen functional groups attached to an aromatic ring is 1. The molecule has 2 rings (SSSR count). The highest BCUT2D eigenvalue weighted by molar-refractivity contribution is 5.90. The minimum atomic E-state index is -0.611. The van der Waals surface area contributed by atoms with Gasteiger partial charge in [-0.1, -0.05) is 6.92 Å². The maximum atomic E-state index is 13.6. The van der Waals surface area contributed by atoms with Crippen LogP contribution in [0.4, 0.5) is 10.1 Å². The van der Waals surface area contributed by atoms with Crippen LogP contribution in [0, 0.1) is 12.7 Å². The van der Waals surface area contributed by atoms with Crippen LogP contribution in [0.25, 0.3) is 0 Å². The molecule has 0 aliphatic heterocycles. The van der Waals surface area contributed by atoms with E-state index in [2.05, 4.69) is 5.10 Å². The maximum absolute atomic E-state index is 13.6. The van der Waals surface area contributed by atoms with Gasteiger partial charge in [-0.25, -0.2) is 9.18 Å². The summed E-state index contributed by atoms with van der Waals surface area (Å²) in [5.74, 6) is -1.13. The Bertz CT molecular complexity index is 657. The fraction of sp³-hybridized carbons (Fsp3) is 0.333. The van der Waals surface area contributed by atoms with Gasteiger partial charge < -0.3 is 10.5 Å². The molecule has 1 aromatic carbocycles. The van der Waals surface area contributed by atoms with Crippen LogP contribution in [0.3, 0.4) is 0 Å². The van der Waals surface area contributed by atoms with Gasteiger partial charge in [0.1, 0.15) is 12.4 Å². The highest BCUT2D eigenvalue weighted by atomic mass is 19.1. The highest BCUT2D eigenvalue weighted by Crippen LogP contribution is 2.18. The van der Waals surface area contributed by atoms with Gasteiger partial charge in [-0.3, -0.25) is 4.68 Å². The molecule has 6 heteroatoms. The molecule has 0 amide bonds. The smallest absolute Gasteiger partial charge is 0.338 e. The zero-order valence-electron chi connectivity index (χ0n) is 12.3. The number of aromatic nitrogens is 2. The van der Waals surface area contributed by atoms with E-state index in [0.29, 0.717) is 5.56 Å². The number of anilines is 1. The predicted octanol–water partition coefficient (Wildman–Crippen LogP) is 2.37. The molecule has 112 valence electrons. The van der Waals surface area contributed by atoms with Crippen molar-refractivity contribution in [2.75, 3.05) is 5.73 Å². The topological polar surface area (TPSA) is 70.1 Å². The van der Waals surface area contributed by atoms with Gasteiger partial charge in [0.05, 0.1) is 17.0 Å². The quantitative estimate of drug-likeness (QED) is 0.693. The Labute approximate surface area is 122 Å². The fourth-order valence-electron chi connectivity index (χ4n) is 1.92. The van der Waals surface area contributed by atoms with Gasteiger partial charge in [0.2, 0.25) is 0 Å². The summed E-state index contributed by atoms with van der Waals surface area (Å²) in [6.07, 6.45) is 0.807. The third kappa shape index (κ3) is 3.21. The number of halogens is 1. The normalized spacial score (nSPS) is 10.7. The minimum Gasteiger partial charge on any atom is -0.456 e. The number of carbonyl (C=O) groups is 1. The lowest BCUT2D eigenvalue weighted by Crippen LogP contribution is -2.09. The highest BCUT2D eigenvalue weighted by Gasteiger charge is 2.13. The number of hydrogen-bond acceptors (Lipinski definition) is 4. The van der Waals surface area contributed by atoms with Gasteiger partial charge in [-0.2, -0.15) is 5.10 Å². The van der Waals surface area contributed by atoms with Gasteiger partial charge in [-0.05, 0) is 31.5 Å². The Hall–Kier alpha value is -2.37. The van der Waals surface area contributed by atoms with E-state index in [9.17, 15) is 9.18 Å². The van der Waals surface area contributed by atoms with Crippen molar-refractivity contribution in [3.8, 4) is 0 Å². The first-order chi connectivity index (χ1) is 9.92. The molecule has 0 fully saturated rings. The van der Waals surface area contributed by atoms with Crippen molar-refractivity contribution in [3.63, 3.8) is 0 Å². The van der Waals surface area contributed by atoms with Gasteiger partial charge in [-0.15, -0.1) is 0 Å². The van der Waals surface area contributed by atoms with E-state index >= 15 is 0 Å². The summed E-state index contributed by atoms with van der Waals surface area (Å²) >= 11 is 0. The lowest BCUT2D eigenvalue weighted by molar-refractivity contribution is 0.0463. The van der Waals surface area contributed by atoms with E-state index in [0.717, 1.165) is 23.9 Å². The largest absolute Gasteiger partial charge is 0.456 e. The van der Waals surface area contributed by atoms with Crippen molar-refractivity contribution in [2.45, 2.75) is 26.9 Å². The van der Waals surface area contributed by atoms with Gasteiger partial charge in [0, 0.05) is 18.3 Å². The van der Waals surface area contributed by atoms with Crippen molar-refractivity contribution >= 4 is 11.7 Å². The number of esters is 1. The molecule has 0 aliphatic carbocycles. The molecule has 1 aromatic heterocycles. The van der Waals surface area contributed by atoms with Crippen molar-refractivity contribution in [3.05, 3.63) is 46.5 Å². The van der Waals surface area contributed by atoms with Crippen molar-refractivity contribution in [1.82, 2.24) is 9.78 Å². The molecule has 0 spiro atoms. The molecular weight excluding hydrogens is 273 g/mol. The SMILES string of the molecule is CCc1cc(COC(=O)c2cc(N)c(C)c(F)c2)n(C)n1. The zero-order valence-corrected chi connectivity index (χ0v) is 12.3. The molecule has 1 heterocycles. The number of carbonyl (C=O) groups excluding carboxylic acids is 1. The molecule has 0 saturated heterocycles. The molecule has 0 atom stereocenters. The van der Waals surface area contributed by atoms with Gasteiger partial charge in [0.25, 0.3) is 0 Å².